The minimum atomic E-state index is -2.04. The monoisotopic (exact) mass is 378 g/mol. The van der Waals surface area contributed by atoms with Crippen LogP contribution in [0.1, 0.15) is 11.4 Å². The number of rotatable bonds is 3. The molecule has 0 aliphatic heterocycles. The van der Waals surface area contributed by atoms with E-state index in [4.69, 9.17) is 4.98 Å². The van der Waals surface area contributed by atoms with Crippen molar-refractivity contribution in [3.05, 3.63) is 66.1 Å². The Hall–Kier alpha value is -1.94. The molecule has 0 unspecified atom stereocenters. The zero-order valence-corrected chi connectivity index (χ0v) is 17.2. The summed E-state index contributed by atoms with van der Waals surface area (Å²) in [6.45, 7) is 4.13. The maximum absolute atomic E-state index is 4.78. The van der Waals surface area contributed by atoms with Gasteiger partial charge in [-0.25, -0.2) is 0 Å². The molecule has 0 amide bonds. The van der Waals surface area contributed by atoms with E-state index in [9.17, 15) is 0 Å². The van der Waals surface area contributed by atoms with Gasteiger partial charge in [0.2, 0.25) is 0 Å². The van der Waals surface area contributed by atoms with Crippen LogP contribution < -0.4 is 4.40 Å². The Labute approximate surface area is 147 Å². The van der Waals surface area contributed by atoms with E-state index in [0.717, 1.165) is 22.6 Å². The summed E-state index contributed by atoms with van der Waals surface area (Å²) in [6, 6.07) is 17.0. The fourth-order valence-corrected chi connectivity index (χ4v) is 6.15. The first kappa shape index (κ1) is 16.9. The first-order valence-corrected chi connectivity index (χ1v) is 15.7. The van der Waals surface area contributed by atoms with E-state index in [1.807, 2.05) is 6.07 Å². The third-order valence-corrected chi connectivity index (χ3v) is 8.40. The topological polar surface area (TPSA) is 25.8 Å². The van der Waals surface area contributed by atoms with Crippen molar-refractivity contribution in [1.29, 1.82) is 0 Å². The number of nitrogens with zero attached hydrogens (tertiary/aromatic N) is 2. The number of aryl methyl sites for hydroxylation is 2. The van der Waals surface area contributed by atoms with Crippen molar-refractivity contribution in [3.63, 3.8) is 0 Å². The quantitative estimate of drug-likeness (QED) is 0.603. The summed E-state index contributed by atoms with van der Waals surface area (Å²) >= 11 is -2.04. The zero-order chi connectivity index (χ0) is 17.3. The summed E-state index contributed by atoms with van der Waals surface area (Å²) in [5.41, 5.74) is 6.91. The molecule has 0 atom stereocenters. The Morgan fingerprint density at radius 2 is 1.42 bits per heavy atom. The van der Waals surface area contributed by atoms with Crippen molar-refractivity contribution in [3.8, 4) is 22.4 Å². The van der Waals surface area contributed by atoms with Crippen molar-refractivity contribution >= 4 is 17.7 Å². The number of benzene rings is 1. The van der Waals surface area contributed by atoms with E-state index in [1.165, 1.54) is 15.5 Å². The number of aromatic nitrogens is 2. The molecule has 0 saturated heterocycles. The second kappa shape index (κ2) is 6.52. The Balaban J connectivity index is 2.24. The summed E-state index contributed by atoms with van der Waals surface area (Å²) in [4.78, 5) is 9.31. The van der Waals surface area contributed by atoms with Crippen LogP contribution in [0.15, 0.2) is 54.7 Å². The van der Waals surface area contributed by atoms with Gasteiger partial charge in [-0.2, -0.15) is 0 Å². The van der Waals surface area contributed by atoms with E-state index in [1.54, 1.807) is 0 Å². The van der Waals surface area contributed by atoms with Crippen molar-refractivity contribution < 1.29 is 0 Å². The Bertz CT molecular complexity index is 845. The zero-order valence-electron chi connectivity index (χ0n) is 15.1. The van der Waals surface area contributed by atoms with Crippen LogP contribution in [-0.2, 0) is 0 Å². The number of hydrogen-bond acceptors (Lipinski definition) is 2. The van der Waals surface area contributed by atoms with Crippen molar-refractivity contribution in [2.75, 3.05) is 0 Å². The molecule has 24 heavy (non-hydrogen) atoms. The number of pyridine rings is 2. The predicted molar refractivity (Wildman–Crippen MR) is 105 cm³/mol. The van der Waals surface area contributed by atoms with Crippen molar-refractivity contribution in [2.24, 2.45) is 0 Å². The first-order chi connectivity index (χ1) is 11.3. The maximum atomic E-state index is 4.78. The molecule has 0 spiro atoms. The summed E-state index contributed by atoms with van der Waals surface area (Å²) in [5.74, 6) is 7.26. The molecule has 0 aliphatic carbocycles. The summed E-state index contributed by atoms with van der Waals surface area (Å²) in [7, 11) is 0. The Kier molecular flexibility index (Phi) is 4.59. The molecular formula is C21H24GeN2. The van der Waals surface area contributed by atoms with E-state index >= 15 is 0 Å². The molecule has 122 valence electrons. The molecule has 2 nitrogen and oxygen atoms in total. The normalized spacial score (nSPS) is 11.5. The van der Waals surface area contributed by atoms with Gasteiger partial charge in [0.05, 0.1) is 0 Å². The van der Waals surface area contributed by atoms with Gasteiger partial charge in [-0.1, -0.05) is 0 Å². The number of hydrogen-bond donors (Lipinski definition) is 0. The minimum absolute atomic E-state index is 1.04. The third-order valence-electron chi connectivity index (χ3n) is 4.17. The molecule has 2 aromatic heterocycles. The standard InChI is InChI=1S/C21H24GeN2/c1-15-11-18(12-16(2)24-15)19-13-21(17-9-7-6-8-10-17)23-14-20(19)22(3,4)5/h6-14H,1-5H3. The van der Waals surface area contributed by atoms with Crippen LogP contribution >= 0.6 is 0 Å². The Morgan fingerprint density at radius 3 is 2.00 bits per heavy atom. The van der Waals surface area contributed by atoms with Crippen LogP contribution in [0.5, 0.6) is 0 Å². The average molecular weight is 377 g/mol. The molecular weight excluding hydrogens is 353 g/mol. The second-order valence-electron chi connectivity index (χ2n) is 7.37. The van der Waals surface area contributed by atoms with E-state index < -0.39 is 13.3 Å². The van der Waals surface area contributed by atoms with E-state index in [-0.39, 0.29) is 0 Å². The van der Waals surface area contributed by atoms with Crippen LogP contribution in [-0.4, -0.2) is 23.2 Å². The fraction of sp³-hybridized carbons (Fsp3) is 0.238. The van der Waals surface area contributed by atoms with Crippen molar-refractivity contribution in [1.82, 2.24) is 9.97 Å². The van der Waals surface area contributed by atoms with Gasteiger partial charge < -0.3 is 0 Å². The van der Waals surface area contributed by atoms with Crippen LogP contribution in [0.3, 0.4) is 0 Å². The van der Waals surface area contributed by atoms with Gasteiger partial charge in [0, 0.05) is 0 Å². The molecule has 0 bridgehead atoms. The average Bonchev–Trinajstić information content (AvgIpc) is 2.53. The van der Waals surface area contributed by atoms with E-state index in [0.29, 0.717) is 0 Å². The third kappa shape index (κ3) is 3.59. The predicted octanol–water partition coefficient (Wildman–Crippen LogP) is 4.97. The van der Waals surface area contributed by atoms with Gasteiger partial charge in [0.15, 0.2) is 0 Å². The fourth-order valence-electron chi connectivity index (χ4n) is 3.05. The summed E-state index contributed by atoms with van der Waals surface area (Å²) in [6.07, 6.45) is 2.11. The van der Waals surface area contributed by atoms with Crippen LogP contribution in [0.25, 0.3) is 22.4 Å². The van der Waals surface area contributed by atoms with Gasteiger partial charge >= 0.3 is 147 Å². The van der Waals surface area contributed by atoms with Gasteiger partial charge in [-0.05, 0) is 0 Å². The van der Waals surface area contributed by atoms with Gasteiger partial charge in [0.25, 0.3) is 0 Å². The first-order valence-electron chi connectivity index (χ1n) is 8.36. The van der Waals surface area contributed by atoms with Gasteiger partial charge in [0.1, 0.15) is 0 Å². The van der Waals surface area contributed by atoms with Crippen LogP contribution in [0.4, 0.5) is 0 Å². The second-order valence-corrected chi connectivity index (χ2v) is 17.9. The molecule has 0 fully saturated rings. The molecule has 0 radical (unpaired) electrons. The molecule has 0 saturated carbocycles. The summed E-state index contributed by atoms with van der Waals surface area (Å²) < 4.78 is 1.44. The molecule has 3 heteroatoms. The molecule has 3 rings (SSSR count). The van der Waals surface area contributed by atoms with Gasteiger partial charge in [-0.15, -0.1) is 0 Å². The summed E-state index contributed by atoms with van der Waals surface area (Å²) in [5, 5.41) is 0. The Morgan fingerprint density at radius 1 is 0.792 bits per heavy atom. The molecule has 0 N–H and O–H groups in total. The van der Waals surface area contributed by atoms with Crippen LogP contribution in [0, 0.1) is 13.8 Å². The molecule has 0 aliphatic rings. The molecule has 1 aromatic carbocycles. The van der Waals surface area contributed by atoms with Crippen LogP contribution in [0.2, 0.25) is 17.3 Å². The molecule has 3 aromatic rings. The van der Waals surface area contributed by atoms with Crippen molar-refractivity contribution in [2.45, 2.75) is 31.1 Å². The van der Waals surface area contributed by atoms with Gasteiger partial charge in [-0.3, -0.25) is 0 Å². The SMILES string of the molecule is Cc1cc(-c2cc(-c3ccccc3)nc[c]2[Ge]([CH3])([CH3])[CH3])cc(C)n1. The van der Waals surface area contributed by atoms with E-state index in [2.05, 4.69) is 84.8 Å². The molecule has 2 heterocycles.